The lowest BCUT2D eigenvalue weighted by Crippen LogP contribution is -2.45. The van der Waals surface area contributed by atoms with Gasteiger partial charge >= 0.3 is 0 Å². The van der Waals surface area contributed by atoms with Crippen LogP contribution in [0.4, 0.5) is 0 Å². The van der Waals surface area contributed by atoms with Gasteiger partial charge in [0.25, 0.3) is 0 Å². The van der Waals surface area contributed by atoms with Crippen LogP contribution in [0.2, 0.25) is 0 Å². The smallest absolute Gasteiger partial charge is 0.0536 e. The number of aromatic nitrogens is 2. The highest BCUT2D eigenvalue weighted by Gasteiger charge is 2.20. The summed E-state index contributed by atoms with van der Waals surface area (Å²) in [5.74, 6) is 0. The Kier molecular flexibility index (Phi) is 5.95. The Morgan fingerprint density at radius 1 is 1.41 bits per heavy atom. The molecule has 2 rings (SSSR count). The third-order valence-electron chi connectivity index (χ3n) is 3.40. The predicted molar refractivity (Wildman–Crippen MR) is 72.5 cm³/mol. The molecule has 98 valence electrons. The number of likely N-dealkylation sites (tertiary alicyclic amines) is 1. The van der Waals surface area contributed by atoms with Gasteiger partial charge in [-0.15, -0.1) is 12.4 Å². The molecular formula is C12H23ClN4. The van der Waals surface area contributed by atoms with Gasteiger partial charge < -0.3 is 5.73 Å². The molecule has 0 aliphatic carbocycles. The summed E-state index contributed by atoms with van der Waals surface area (Å²) >= 11 is 0. The number of nitrogens with zero attached hydrogens (tertiary/aromatic N) is 3. The molecule has 1 aromatic rings. The molecule has 1 unspecified atom stereocenters. The molecule has 0 bridgehead atoms. The first-order chi connectivity index (χ1) is 7.79. The molecule has 1 saturated heterocycles. The monoisotopic (exact) mass is 258 g/mol. The third kappa shape index (κ3) is 3.98. The van der Waals surface area contributed by atoms with Crippen LogP contribution in [0, 0.1) is 6.92 Å². The number of hydrogen-bond donors (Lipinski definition) is 1. The van der Waals surface area contributed by atoms with E-state index in [0.717, 1.165) is 19.6 Å². The van der Waals surface area contributed by atoms with Gasteiger partial charge in [0.1, 0.15) is 0 Å². The summed E-state index contributed by atoms with van der Waals surface area (Å²) in [5.41, 5.74) is 7.03. The minimum absolute atomic E-state index is 0. The van der Waals surface area contributed by atoms with Gasteiger partial charge in [0.05, 0.1) is 12.7 Å². The van der Waals surface area contributed by atoms with Crippen LogP contribution >= 0.6 is 12.4 Å². The van der Waals surface area contributed by atoms with E-state index in [9.17, 15) is 0 Å². The van der Waals surface area contributed by atoms with Crippen molar-refractivity contribution in [2.24, 2.45) is 5.73 Å². The van der Waals surface area contributed by atoms with E-state index in [-0.39, 0.29) is 12.4 Å². The van der Waals surface area contributed by atoms with E-state index in [4.69, 9.17) is 5.73 Å². The molecule has 5 heteroatoms. The Balaban J connectivity index is 0.00000144. The van der Waals surface area contributed by atoms with Gasteiger partial charge in [-0.3, -0.25) is 9.58 Å². The fourth-order valence-corrected chi connectivity index (χ4v) is 2.44. The van der Waals surface area contributed by atoms with Gasteiger partial charge in [-0.2, -0.15) is 5.10 Å². The fraction of sp³-hybridized carbons (Fsp3) is 0.750. The lowest BCUT2D eigenvalue weighted by atomic mass is 10.0. The lowest BCUT2D eigenvalue weighted by Gasteiger charge is -2.34. The molecule has 0 spiro atoms. The topological polar surface area (TPSA) is 47.1 Å². The van der Waals surface area contributed by atoms with Crippen molar-refractivity contribution < 1.29 is 0 Å². The molecule has 1 aliphatic rings. The zero-order valence-electron chi connectivity index (χ0n) is 10.5. The molecular weight excluding hydrogens is 236 g/mol. The van der Waals surface area contributed by atoms with E-state index >= 15 is 0 Å². The highest BCUT2D eigenvalue weighted by molar-refractivity contribution is 5.85. The number of halogens is 1. The van der Waals surface area contributed by atoms with Crippen molar-refractivity contribution in [3.63, 3.8) is 0 Å². The van der Waals surface area contributed by atoms with Crippen LogP contribution in [0.3, 0.4) is 0 Å². The zero-order chi connectivity index (χ0) is 11.4. The summed E-state index contributed by atoms with van der Waals surface area (Å²) in [4.78, 5) is 2.51. The molecule has 1 aliphatic heterocycles. The van der Waals surface area contributed by atoms with E-state index in [1.165, 1.54) is 31.4 Å². The highest BCUT2D eigenvalue weighted by atomic mass is 35.5. The molecule has 0 radical (unpaired) electrons. The van der Waals surface area contributed by atoms with Gasteiger partial charge in [0.15, 0.2) is 0 Å². The second-order valence-electron chi connectivity index (χ2n) is 4.70. The average molecular weight is 259 g/mol. The van der Waals surface area contributed by atoms with Gasteiger partial charge in [0, 0.05) is 25.3 Å². The van der Waals surface area contributed by atoms with E-state index in [0.29, 0.717) is 6.04 Å². The summed E-state index contributed by atoms with van der Waals surface area (Å²) in [6.45, 7) is 6.11. The van der Waals surface area contributed by atoms with Gasteiger partial charge in [-0.05, 0) is 31.9 Å². The molecule has 0 aromatic carbocycles. The van der Waals surface area contributed by atoms with Gasteiger partial charge in [0.2, 0.25) is 0 Å². The Labute approximate surface area is 110 Å². The maximum atomic E-state index is 5.80. The van der Waals surface area contributed by atoms with Crippen molar-refractivity contribution in [3.05, 3.63) is 18.0 Å². The maximum absolute atomic E-state index is 5.80. The number of nitrogens with two attached hydrogens (primary N) is 1. The number of hydrogen-bond acceptors (Lipinski definition) is 3. The summed E-state index contributed by atoms with van der Waals surface area (Å²) < 4.78 is 2.03. The summed E-state index contributed by atoms with van der Waals surface area (Å²) in [6.07, 6.45) is 7.92. The first-order valence-corrected chi connectivity index (χ1v) is 6.23. The molecule has 2 heterocycles. The molecule has 1 atom stereocenters. The van der Waals surface area contributed by atoms with Crippen LogP contribution < -0.4 is 5.73 Å². The first kappa shape index (κ1) is 14.5. The fourth-order valence-electron chi connectivity index (χ4n) is 2.44. The van der Waals surface area contributed by atoms with E-state index in [1.54, 1.807) is 0 Å². The van der Waals surface area contributed by atoms with Crippen LogP contribution in [0.25, 0.3) is 0 Å². The number of piperidine rings is 1. The number of rotatable bonds is 4. The van der Waals surface area contributed by atoms with Crippen LogP contribution in [-0.4, -0.2) is 40.4 Å². The van der Waals surface area contributed by atoms with E-state index in [1.807, 2.05) is 10.9 Å². The second-order valence-corrected chi connectivity index (χ2v) is 4.70. The zero-order valence-corrected chi connectivity index (χ0v) is 11.3. The molecule has 0 saturated carbocycles. The largest absolute Gasteiger partial charge is 0.329 e. The van der Waals surface area contributed by atoms with Crippen LogP contribution in [0.15, 0.2) is 12.4 Å². The van der Waals surface area contributed by atoms with Crippen molar-refractivity contribution >= 4 is 12.4 Å². The summed E-state index contributed by atoms with van der Waals surface area (Å²) in [7, 11) is 0. The van der Waals surface area contributed by atoms with Crippen molar-refractivity contribution in [1.82, 2.24) is 14.7 Å². The summed E-state index contributed by atoms with van der Waals surface area (Å²) in [5, 5.41) is 4.31. The Bertz CT molecular complexity index is 326. The Morgan fingerprint density at radius 2 is 2.24 bits per heavy atom. The Hall–Kier alpha value is -0.580. The minimum atomic E-state index is 0. The van der Waals surface area contributed by atoms with Crippen LogP contribution in [-0.2, 0) is 6.54 Å². The second kappa shape index (κ2) is 6.99. The van der Waals surface area contributed by atoms with E-state index in [2.05, 4.69) is 23.1 Å². The SMILES string of the molecule is Cc1cnn(CCN2CCCCC2CN)c1.Cl. The van der Waals surface area contributed by atoms with Gasteiger partial charge in [-0.1, -0.05) is 6.42 Å². The van der Waals surface area contributed by atoms with Gasteiger partial charge in [-0.25, -0.2) is 0 Å². The summed E-state index contributed by atoms with van der Waals surface area (Å²) in [6, 6.07) is 0.588. The molecule has 2 N–H and O–H groups in total. The predicted octanol–water partition coefficient (Wildman–Crippen LogP) is 1.43. The van der Waals surface area contributed by atoms with Crippen molar-refractivity contribution in [1.29, 1.82) is 0 Å². The van der Waals surface area contributed by atoms with Crippen LogP contribution in [0.1, 0.15) is 24.8 Å². The normalized spacial score (nSPS) is 21.2. The minimum Gasteiger partial charge on any atom is -0.329 e. The van der Waals surface area contributed by atoms with Crippen molar-refractivity contribution in [2.75, 3.05) is 19.6 Å². The molecule has 1 fully saturated rings. The van der Waals surface area contributed by atoms with Crippen LogP contribution in [0.5, 0.6) is 0 Å². The van der Waals surface area contributed by atoms with Crippen molar-refractivity contribution in [2.45, 2.75) is 38.8 Å². The molecule has 4 nitrogen and oxygen atoms in total. The first-order valence-electron chi connectivity index (χ1n) is 6.23. The standard InChI is InChI=1S/C12H22N4.ClH/c1-11-9-14-16(10-11)7-6-15-5-3-2-4-12(15)8-13;/h9-10,12H,2-8,13H2,1H3;1H. The molecule has 17 heavy (non-hydrogen) atoms. The number of aryl methyl sites for hydroxylation is 1. The molecule has 1 aromatic heterocycles. The lowest BCUT2D eigenvalue weighted by molar-refractivity contribution is 0.146. The quantitative estimate of drug-likeness (QED) is 0.889. The highest BCUT2D eigenvalue weighted by Crippen LogP contribution is 2.15. The third-order valence-corrected chi connectivity index (χ3v) is 3.40. The maximum Gasteiger partial charge on any atom is 0.0536 e. The van der Waals surface area contributed by atoms with E-state index < -0.39 is 0 Å². The van der Waals surface area contributed by atoms with Crippen molar-refractivity contribution in [3.8, 4) is 0 Å². The Morgan fingerprint density at radius 3 is 2.88 bits per heavy atom. The molecule has 0 amide bonds. The average Bonchev–Trinajstić information content (AvgIpc) is 2.73.